The van der Waals surface area contributed by atoms with Crippen LogP contribution in [-0.2, 0) is 0 Å². The topological polar surface area (TPSA) is 56.1 Å². The minimum absolute atomic E-state index is 0.345. The zero-order valence-electron chi connectivity index (χ0n) is 9.14. The summed E-state index contributed by atoms with van der Waals surface area (Å²) in [5, 5.41) is 19.0. The van der Waals surface area contributed by atoms with Gasteiger partial charge in [0.2, 0.25) is 0 Å². The van der Waals surface area contributed by atoms with Crippen molar-refractivity contribution in [3.8, 4) is 0 Å². The third-order valence-electron chi connectivity index (χ3n) is 2.91. The Morgan fingerprint density at radius 1 is 1.38 bits per heavy atom. The van der Waals surface area contributed by atoms with E-state index in [9.17, 15) is 18.3 Å². The van der Waals surface area contributed by atoms with Gasteiger partial charge in [-0.3, -0.25) is 5.41 Å². The van der Waals surface area contributed by atoms with Crippen molar-refractivity contribution < 1.29 is 18.3 Å². The molecule has 1 heterocycles. The molecule has 0 bridgehead atoms. The van der Waals surface area contributed by atoms with Crippen LogP contribution in [0.1, 0.15) is 32.6 Å². The minimum atomic E-state index is -4.45. The lowest BCUT2D eigenvalue weighted by Gasteiger charge is -2.23. The van der Waals surface area contributed by atoms with Crippen LogP contribution in [0.2, 0.25) is 0 Å². The normalized spacial score (nSPS) is 30.6. The van der Waals surface area contributed by atoms with Gasteiger partial charge in [-0.15, -0.1) is 0 Å². The molecule has 0 aromatic heterocycles. The predicted molar refractivity (Wildman–Crippen MR) is 54.3 cm³/mol. The van der Waals surface area contributed by atoms with Gasteiger partial charge < -0.3 is 10.4 Å². The molecule has 0 radical (unpaired) electrons. The van der Waals surface area contributed by atoms with Crippen LogP contribution in [0.5, 0.6) is 0 Å². The van der Waals surface area contributed by atoms with Gasteiger partial charge in [0.05, 0.1) is 0 Å². The molecule has 0 aromatic rings. The van der Waals surface area contributed by atoms with Gasteiger partial charge in [-0.2, -0.15) is 13.2 Å². The van der Waals surface area contributed by atoms with Crippen LogP contribution < -0.4 is 5.32 Å². The van der Waals surface area contributed by atoms with Crippen LogP contribution >= 0.6 is 0 Å². The van der Waals surface area contributed by atoms with Crippen molar-refractivity contribution in [2.24, 2.45) is 5.92 Å². The Hall–Kier alpha value is -0.780. The lowest BCUT2D eigenvalue weighted by atomic mass is 9.93. The van der Waals surface area contributed by atoms with Crippen LogP contribution in [0.15, 0.2) is 0 Å². The van der Waals surface area contributed by atoms with E-state index in [1.807, 2.05) is 6.92 Å². The van der Waals surface area contributed by atoms with Gasteiger partial charge in [0.15, 0.2) is 0 Å². The first-order valence-electron chi connectivity index (χ1n) is 5.47. The van der Waals surface area contributed by atoms with E-state index in [1.165, 1.54) is 0 Å². The number of nitrogens with one attached hydrogen (secondary N) is 2. The number of unbranched alkanes of at least 4 members (excludes halogenated alkanes) is 2. The van der Waals surface area contributed by atoms with Crippen LogP contribution in [0.3, 0.4) is 0 Å². The number of hydrogen-bond donors (Lipinski definition) is 3. The highest BCUT2D eigenvalue weighted by molar-refractivity contribution is 5.86. The highest BCUT2D eigenvalue weighted by Gasteiger charge is 2.54. The summed E-state index contributed by atoms with van der Waals surface area (Å²) >= 11 is 0. The predicted octanol–water partition coefficient (Wildman–Crippen LogP) is 2.06. The molecule has 0 saturated carbocycles. The zero-order chi connectivity index (χ0) is 12.3. The molecule has 0 amide bonds. The van der Waals surface area contributed by atoms with Gasteiger partial charge in [0.25, 0.3) is 0 Å². The van der Waals surface area contributed by atoms with Crippen molar-refractivity contribution in [2.75, 3.05) is 0 Å². The molecular weight excluding hydrogens is 221 g/mol. The van der Waals surface area contributed by atoms with E-state index in [4.69, 9.17) is 5.41 Å². The van der Waals surface area contributed by atoms with Crippen molar-refractivity contribution in [3.05, 3.63) is 0 Å². The molecule has 0 aliphatic carbocycles. The quantitative estimate of drug-likeness (QED) is 0.656. The van der Waals surface area contributed by atoms with Gasteiger partial charge in [0, 0.05) is 6.04 Å². The van der Waals surface area contributed by atoms with Crippen molar-refractivity contribution in [3.63, 3.8) is 0 Å². The number of alkyl halides is 3. The fourth-order valence-electron chi connectivity index (χ4n) is 2.05. The maximum absolute atomic E-state index is 12.6. The van der Waals surface area contributed by atoms with E-state index in [2.05, 4.69) is 5.32 Å². The van der Waals surface area contributed by atoms with Crippen LogP contribution in [0.4, 0.5) is 13.2 Å². The largest absolute Gasteiger partial charge is 0.396 e. The van der Waals surface area contributed by atoms with E-state index in [0.717, 1.165) is 12.8 Å². The molecule has 1 aliphatic heterocycles. The van der Waals surface area contributed by atoms with E-state index >= 15 is 0 Å². The van der Waals surface area contributed by atoms with Crippen molar-refractivity contribution in [1.29, 1.82) is 5.41 Å². The summed E-state index contributed by atoms with van der Waals surface area (Å²) < 4.78 is 37.9. The third kappa shape index (κ3) is 2.87. The second kappa shape index (κ2) is 5.03. The van der Waals surface area contributed by atoms with E-state index in [-0.39, 0.29) is 0 Å². The highest BCUT2D eigenvalue weighted by Crippen LogP contribution is 2.36. The van der Waals surface area contributed by atoms with Crippen LogP contribution in [0, 0.1) is 11.3 Å². The minimum Gasteiger partial charge on any atom is -0.384 e. The standard InChI is InChI=1S/C10H17F3N2O/c1-2-3-4-5-6-7(10(11,12)13)8(16)9(14)15-6/h6-8,16H,2-5H2,1H3,(H2,14,15)/t6-,7-,8-/m1/s1. The van der Waals surface area contributed by atoms with Crippen molar-refractivity contribution in [1.82, 2.24) is 5.32 Å². The lowest BCUT2D eigenvalue weighted by molar-refractivity contribution is -0.193. The molecule has 1 aliphatic rings. The molecule has 3 atom stereocenters. The Bertz CT molecular complexity index is 255. The second-order valence-corrected chi connectivity index (χ2v) is 4.17. The molecule has 1 rings (SSSR count). The Kier molecular flexibility index (Phi) is 4.18. The zero-order valence-corrected chi connectivity index (χ0v) is 9.14. The van der Waals surface area contributed by atoms with Gasteiger partial charge in [-0.25, -0.2) is 0 Å². The molecule has 16 heavy (non-hydrogen) atoms. The number of rotatable bonds is 4. The fourth-order valence-corrected chi connectivity index (χ4v) is 2.05. The maximum Gasteiger partial charge on any atom is 0.396 e. The first kappa shape index (κ1) is 13.3. The Balaban J connectivity index is 2.64. The summed E-state index contributed by atoms with van der Waals surface area (Å²) in [5.41, 5.74) is 0. The lowest BCUT2D eigenvalue weighted by Crippen LogP contribution is -2.39. The highest BCUT2D eigenvalue weighted by atomic mass is 19.4. The van der Waals surface area contributed by atoms with Gasteiger partial charge in [-0.05, 0) is 6.42 Å². The molecule has 6 heteroatoms. The van der Waals surface area contributed by atoms with Crippen molar-refractivity contribution in [2.45, 2.75) is 50.9 Å². The molecule has 3 nitrogen and oxygen atoms in total. The first-order valence-corrected chi connectivity index (χ1v) is 5.47. The number of hydrogen-bond acceptors (Lipinski definition) is 2. The summed E-state index contributed by atoms with van der Waals surface area (Å²) in [5.74, 6) is -2.25. The summed E-state index contributed by atoms with van der Waals surface area (Å²) in [6.07, 6.45) is -3.36. The molecule has 1 fully saturated rings. The smallest absolute Gasteiger partial charge is 0.384 e. The number of aliphatic hydroxyl groups is 1. The second-order valence-electron chi connectivity index (χ2n) is 4.17. The molecule has 3 N–H and O–H groups in total. The summed E-state index contributed by atoms with van der Waals surface area (Å²) in [7, 11) is 0. The van der Waals surface area contributed by atoms with Gasteiger partial charge in [-0.1, -0.05) is 26.2 Å². The molecule has 0 aromatic carbocycles. The van der Waals surface area contributed by atoms with Gasteiger partial charge >= 0.3 is 6.18 Å². The molecule has 0 spiro atoms. The molecule has 0 unspecified atom stereocenters. The maximum atomic E-state index is 12.6. The summed E-state index contributed by atoms with van der Waals surface area (Å²) in [6, 6.07) is -0.853. The summed E-state index contributed by atoms with van der Waals surface area (Å²) in [6.45, 7) is 1.97. The number of aliphatic hydroxyl groups excluding tert-OH is 1. The number of halogens is 3. The third-order valence-corrected chi connectivity index (χ3v) is 2.91. The molecule has 1 saturated heterocycles. The fraction of sp³-hybridized carbons (Fsp3) is 0.900. The number of amidine groups is 1. The van der Waals surface area contributed by atoms with E-state index < -0.39 is 30.1 Å². The molecular formula is C10H17F3N2O. The molecule has 94 valence electrons. The van der Waals surface area contributed by atoms with Gasteiger partial charge in [0.1, 0.15) is 17.9 Å². The summed E-state index contributed by atoms with van der Waals surface area (Å²) in [4.78, 5) is 0. The average molecular weight is 238 g/mol. The van der Waals surface area contributed by atoms with E-state index in [0.29, 0.717) is 12.8 Å². The van der Waals surface area contributed by atoms with Crippen LogP contribution in [0.25, 0.3) is 0 Å². The monoisotopic (exact) mass is 238 g/mol. The van der Waals surface area contributed by atoms with E-state index in [1.54, 1.807) is 0 Å². The SMILES string of the molecule is CCCCC[C@H]1NC(=N)[C@H](O)[C@@H]1C(F)(F)F. The average Bonchev–Trinajstić information content (AvgIpc) is 2.42. The Labute approximate surface area is 92.5 Å². The first-order chi connectivity index (χ1) is 7.38. The Morgan fingerprint density at radius 2 is 2.00 bits per heavy atom. The van der Waals surface area contributed by atoms with Crippen LogP contribution in [-0.4, -0.2) is 29.3 Å². The Morgan fingerprint density at radius 3 is 2.50 bits per heavy atom. The van der Waals surface area contributed by atoms with Crippen molar-refractivity contribution >= 4 is 5.84 Å².